The zero-order chi connectivity index (χ0) is 15.7. The Morgan fingerprint density at radius 2 is 1.76 bits per heavy atom. The minimum Gasteiger partial charge on any atom is -0.292 e. The lowest BCUT2D eigenvalue weighted by atomic mass is 9.75. The number of rotatable bonds is 11. The first kappa shape index (κ1) is 18.3. The molecule has 0 N–H and O–H groups in total. The van der Waals surface area contributed by atoms with Gasteiger partial charge in [0.25, 0.3) is 5.26 Å². The van der Waals surface area contributed by atoms with Crippen molar-refractivity contribution in [1.82, 2.24) is 4.98 Å². The zero-order valence-electron chi connectivity index (χ0n) is 13.6. The normalized spacial score (nSPS) is 14.1. The van der Waals surface area contributed by atoms with E-state index in [1.807, 2.05) is 6.92 Å². The van der Waals surface area contributed by atoms with Crippen molar-refractivity contribution in [3.8, 4) is 0 Å². The third-order valence-corrected chi connectivity index (χ3v) is 4.80. The van der Waals surface area contributed by atoms with Crippen molar-refractivity contribution in [2.45, 2.75) is 78.6 Å². The molecule has 1 aromatic heterocycles. The second kappa shape index (κ2) is 9.29. The average molecular weight is 313 g/mol. The fourth-order valence-electron chi connectivity index (χ4n) is 2.70. The SMILES string of the molecule is CCCCCCCC(C)(CCCC)C(=O)c1csc(F)n1. The lowest BCUT2D eigenvalue weighted by Gasteiger charge is -2.27. The Bertz CT molecular complexity index is 432. The first-order valence-corrected chi connectivity index (χ1v) is 9.07. The number of carbonyl (C=O) groups excluding carboxylic acids is 1. The largest absolute Gasteiger partial charge is 0.292 e. The number of hydrogen-bond acceptors (Lipinski definition) is 3. The van der Waals surface area contributed by atoms with Crippen molar-refractivity contribution in [3.05, 3.63) is 16.3 Å². The zero-order valence-corrected chi connectivity index (χ0v) is 14.4. The van der Waals surface area contributed by atoms with Gasteiger partial charge in [0, 0.05) is 10.8 Å². The standard InChI is InChI=1S/C17H28FNOS/c1-4-6-8-9-10-12-17(3,11-7-5-2)15(20)14-13-21-16(18)19-14/h13H,4-12H2,1-3H3. The van der Waals surface area contributed by atoms with Gasteiger partial charge in [-0.25, -0.2) is 4.98 Å². The van der Waals surface area contributed by atoms with Gasteiger partial charge in [-0.3, -0.25) is 4.79 Å². The van der Waals surface area contributed by atoms with Gasteiger partial charge in [0.05, 0.1) is 0 Å². The molecule has 0 aliphatic carbocycles. The molecule has 2 nitrogen and oxygen atoms in total. The van der Waals surface area contributed by atoms with Crippen LogP contribution < -0.4 is 0 Å². The van der Waals surface area contributed by atoms with E-state index in [4.69, 9.17) is 0 Å². The van der Waals surface area contributed by atoms with Crippen LogP contribution in [0.15, 0.2) is 5.38 Å². The summed E-state index contributed by atoms with van der Waals surface area (Å²) in [6.45, 7) is 6.36. The van der Waals surface area contributed by atoms with Crippen LogP contribution in [0.5, 0.6) is 0 Å². The molecule has 0 aliphatic rings. The molecule has 1 rings (SSSR count). The van der Waals surface area contributed by atoms with E-state index < -0.39 is 5.26 Å². The quantitative estimate of drug-likeness (QED) is 0.369. The van der Waals surface area contributed by atoms with E-state index in [0.717, 1.165) is 43.4 Å². The van der Waals surface area contributed by atoms with Crippen molar-refractivity contribution in [2.24, 2.45) is 5.41 Å². The van der Waals surface area contributed by atoms with Crippen LogP contribution >= 0.6 is 11.3 Å². The summed E-state index contributed by atoms with van der Waals surface area (Å²) in [6.07, 6.45) is 9.83. The highest BCUT2D eigenvalue weighted by molar-refractivity contribution is 7.08. The number of nitrogens with zero attached hydrogens (tertiary/aromatic N) is 1. The van der Waals surface area contributed by atoms with Gasteiger partial charge in [-0.1, -0.05) is 77.1 Å². The molecule has 4 heteroatoms. The minimum atomic E-state index is -0.515. The molecule has 21 heavy (non-hydrogen) atoms. The summed E-state index contributed by atoms with van der Waals surface area (Å²) in [4.78, 5) is 16.4. The molecular formula is C17H28FNOS. The summed E-state index contributed by atoms with van der Waals surface area (Å²) in [5.74, 6) is 0.0200. The summed E-state index contributed by atoms with van der Waals surface area (Å²) < 4.78 is 13.1. The minimum absolute atomic E-state index is 0.0200. The van der Waals surface area contributed by atoms with Crippen molar-refractivity contribution >= 4 is 17.1 Å². The van der Waals surface area contributed by atoms with Gasteiger partial charge >= 0.3 is 0 Å². The second-order valence-electron chi connectivity index (χ2n) is 6.14. The van der Waals surface area contributed by atoms with Gasteiger partial charge in [-0.2, -0.15) is 4.39 Å². The molecule has 1 unspecified atom stereocenters. The molecule has 0 saturated carbocycles. The molecule has 0 bridgehead atoms. The molecule has 1 aromatic rings. The molecule has 0 saturated heterocycles. The van der Waals surface area contributed by atoms with Crippen LogP contribution in [0.1, 0.15) is 89.0 Å². The highest BCUT2D eigenvalue weighted by atomic mass is 32.1. The second-order valence-corrected chi connectivity index (χ2v) is 6.95. The maximum Gasteiger partial charge on any atom is 0.269 e. The molecule has 0 amide bonds. The Kier molecular flexibility index (Phi) is 8.09. The predicted molar refractivity (Wildman–Crippen MR) is 87.4 cm³/mol. The Balaban J connectivity index is 2.65. The average Bonchev–Trinajstić information content (AvgIpc) is 2.90. The van der Waals surface area contributed by atoms with E-state index in [0.29, 0.717) is 5.69 Å². The molecule has 0 spiro atoms. The molecule has 0 aromatic carbocycles. The highest BCUT2D eigenvalue weighted by Gasteiger charge is 2.34. The van der Waals surface area contributed by atoms with Crippen LogP contribution in [0.2, 0.25) is 0 Å². The molecule has 0 aliphatic heterocycles. The summed E-state index contributed by atoms with van der Waals surface area (Å²) >= 11 is 0.909. The van der Waals surface area contributed by atoms with Crippen LogP contribution in [0.25, 0.3) is 0 Å². The number of carbonyl (C=O) groups is 1. The van der Waals surface area contributed by atoms with Gasteiger partial charge in [0.2, 0.25) is 0 Å². The lowest BCUT2D eigenvalue weighted by Crippen LogP contribution is -2.28. The van der Waals surface area contributed by atoms with E-state index >= 15 is 0 Å². The van der Waals surface area contributed by atoms with Gasteiger partial charge in [-0.15, -0.1) is 0 Å². The van der Waals surface area contributed by atoms with Crippen LogP contribution in [0.4, 0.5) is 4.39 Å². The number of aromatic nitrogens is 1. The van der Waals surface area contributed by atoms with Crippen LogP contribution in [0.3, 0.4) is 0 Å². The van der Waals surface area contributed by atoms with Gasteiger partial charge in [-0.05, 0) is 12.8 Å². The Hall–Kier alpha value is -0.770. The number of unbranched alkanes of at least 4 members (excludes halogenated alkanes) is 5. The van der Waals surface area contributed by atoms with Crippen LogP contribution in [-0.2, 0) is 0 Å². The highest BCUT2D eigenvalue weighted by Crippen LogP contribution is 2.35. The van der Waals surface area contributed by atoms with Crippen molar-refractivity contribution in [2.75, 3.05) is 0 Å². The van der Waals surface area contributed by atoms with E-state index in [9.17, 15) is 9.18 Å². The number of halogens is 1. The fourth-order valence-corrected chi connectivity index (χ4v) is 3.22. The maximum atomic E-state index is 13.1. The third-order valence-electron chi connectivity index (χ3n) is 4.17. The van der Waals surface area contributed by atoms with E-state index in [1.165, 1.54) is 25.7 Å². The maximum absolute atomic E-state index is 13.1. The molecular weight excluding hydrogens is 285 g/mol. The predicted octanol–water partition coefficient (Wildman–Crippen LogP) is 6.02. The van der Waals surface area contributed by atoms with Gasteiger partial charge < -0.3 is 0 Å². The smallest absolute Gasteiger partial charge is 0.269 e. The molecule has 0 fully saturated rings. The first-order chi connectivity index (χ1) is 10.0. The van der Waals surface area contributed by atoms with E-state index in [1.54, 1.807) is 5.38 Å². The Morgan fingerprint density at radius 1 is 1.14 bits per heavy atom. The Labute approximate surface area is 132 Å². The monoisotopic (exact) mass is 313 g/mol. The third kappa shape index (κ3) is 5.85. The lowest BCUT2D eigenvalue weighted by molar-refractivity contribution is 0.0772. The van der Waals surface area contributed by atoms with Gasteiger partial charge in [0.1, 0.15) is 5.69 Å². The molecule has 120 valence electrons. The first-order valence-electron chi connectivity index (χ1n) is 8.19. The summed E-state index contributed by atoms with van der Waals surface area (Å²) in [5.41, 5.74) is -0.0763. The molecule has 0 radical (unpaired) electrons. The Morgan fingerprint density at radius 3 is 2.33 bits per heavy atom. The number of thiazole rings is 1. The number of Topliss-reactive ketones (excluding diaryl/α,β-unsaturated/α-hetero) is 1. The van der Waals surface area contributed by atoms with Crippen molar-refractivity contribution < 1.29 is 9.18 Å². The van der Waals surface area contributed by atoms with E-state index in [-0.39, 0.29) is 11.2 Å². The van der Waals surface area contributed by atoms with Crippen LogP contribution in [-0.4, -0.2) is 10.8 Å². The van der Waals surface area contributed by atoms with Gasteiger partial charge in [0.15, 0.2) is 5.78 Å². The number of hydrogen-bond donors (Lipinski definition) is 0. The van der Waals surface area contributed by atoms with Crippen LogP contribution in [0, 0.1) is 10.7 Å². The summed E-state index contributed by atoms with van der Waals surface area (Å²) in [5, 5.41) is 1.04. The topological polar surface area (TPSA) is 30.0 Å². The van der Waals surface area contributed by atoms with Crippen molar-refractivity contribution in [3.63, 3.8) is 0 Å². The summed E-state index contributed by atoms with van der Waals surface area (Å²) in [6, 6.07) is 0. The summed E-state index contributed by atoms with van der Waals surface area (Å²) in [7, 11) is 0. The molecule has 1 heterocycles. The van der Waals surface area contributed by atoms with E-state index in [2.05, 4.69) is 18.8 Å². The van der Waals surface area contributed by atoms with Crippen molar-refractivity contribution in [1.29, 1.82) is 0 Å². The fraction of sp³-hybridized carbons (Fsp3) is 0.765. The molecule has 1 atom stereocenters. The number of ketones is 1.